The van der Waals surface area contributed by atoms with Crippen LogP contribution in [-0.2, 0) is 0 Å². The zero-order valence-electron chi connectivity index (χ0n) is 10.2. The average molecular weight is 236 g/mol. The Kier molecular flexibility index (Phi) is 4.37. The summed E-state index contributed by atoms with van der Waals surface area (Å²) in [5.41, 5.74) is 6.54. The number of anilines is 1. The summed E-state index contributed by atoms with van der Waals surface area (Å²) in [6.45, 7) is 2.63. The van der Waals surface area contributed by atoms with Crippen LogP contribution in [0.4, 0.5) is 10.1 Å². The molecule has 1 aromatic rings. The summed E-state index contributed by atoms with van der Waals surface area (Å²) in [6, 6.07) is 6.86. The van der Waals surface area contributed by atoms with Gasteiger partial charge in [-0.1, -0.05) is 18.9 Å². The van der Waals surface area contributed by atoms with Gasteiger partial charge in [-0.15, -0.1) is 0 Å². The van der Waals surface area contributed by atoms with Gasteiger partial charge in [0.1, 0.15) is 5.82 Å². The molecule has 0 unspecified atom stereocenters. The molecule has 2 nitrogen and oxygen atoms in total. The zero-order valence-corrected chi connectivity index (χ0v) is 10.2. The first-order valence-electron chi connectivity index (χ1n) is 6.50. The quantitative estimate of drug-likeness (QED) is 0.788. The lowest BCUT2D eigenvalue weighted by Crippen LogP contribution is -2.27. The largest absolute Gasteiger partial charge is 0.371 e. The van der Waals surface area contributed by atoms with Crippen LogP contribution in [0.3, 0.4) is 0 Å². The van der Waals surface area contributed by atoms with Crippen molar-refractivity contribution in [3.05, 3.63) is 30.1 Å². The van der Waals surface area contributed by atoms with Gasteiger partial charge in [0.25, 0.3) is 0 Å². The molecule has 0 heterocycles. The highest BCUT2D eigenvalue weighted by atomic mass is 19.1. The number of hydrogen-bond acceptors (Lipinski definition) is 2. The third kappa shape index (κ3) is 4.00. The van der Waals surface area contributed by atoms with Crippen molar-refractivity contribution in [1.29, 1.82) is 0 Å². The van der Waals surface area contributed by atoms with Crippen LogP contribution < -0.4 is 10.6 Å². The number of rotatable bonds is 7. The van der Waals surface area contributed by atoms with E-state index in [0.717, 1.165) is 31.1 Å². The maximum atomic E-state index is 13.2. The molecule has 1 fully saturated rings. The minimum absolute atomic E-state index is 0.160. The monoisotopic (exact) mass is 236 g/mol. The Morgan fingerprint density at radius 1 is 1.29 bits per heavy atom. The van der Waals surface area contributed by atoms with Crippen molar-refractivity contribution in [3.8, 4) is 0 Å². The molecule has 0 spiro atoms. The Morgan fingerprint density at radius 3 is 2.76 bits per heavy atom. The molecular weight excluding hydrogens is 215 g/mol. The van der Waals surface area contributed by atoms with Crippen molar-refractivity contribution in [1.82, 2.24) is 0 Å². The molecule has 2 N–H and O–H groups in total. The highest BCUT2D eigenvalue weighted by Gasteiger charge is 2.21. The third-order valence-electron chi connectivity index (χ3n) is 3.31. The maximum Gasteiger partial charge on any atom is 0.125 e. The number of hydrogen-bond donors (Lipinski definition) is 1. The molecule has 1 saturated carbocycles. The van der Waals surface area contributed by atoms with Crippen molar-refractivity contribution in [2.24, 2.45) is 11.7 Å². The van der Waals surface area contributed by atoms with Gasteiger partial charge in [0.2, 0.25) is 0 Å². The van der Waals surface area contributed by atoms with E-state index in [9.17, 15) is 4.39 Å². The zero-order chi connectivity index (χ0) is 12.1. The summed E-state index contributed by atoms with van der Waals surface area (Å²) in [5, 5.41) is 0. The first-order chi connectivity index (χ1) is 8.29. The topological polar surface area (TPSA) is 29.3 Å². The molecule has 0 atom stereocenters. The van der Waals surface area contributed by atoms with Crippen LogP contribution >= 0.6 is 0 Å². The fourth-order valence-corrected chi connectivity index (χ4v) is 2.07. The summed E-state index contributed by atoms with van der Waals surface area (Å²) in [6.07, 6.45) is 4.92. The molecular formula is C14H21FN2. The number of nitrogens with zero attached hydrogens (tertiary/aromatic N) is 1. The average Bonchev–Trinajstić information content (AvgIpc) is 3.13. The van der Waals surface area contributed by atoms with Crippen molar-refractivity contribution in [2.75, 3.05) is 24.5 Å². The van der Waals surface area contributed by atoms with Crippen LogP contribution in [0.25, 0.3) is 0 Å². The van der Waals surface area contributed by atoms with Crippen molar-refractivity contribution < 1.29 is 4.39 Å². The molecule has 2 rings (SSSR count). The van der Waals surface area contributed by atoms with Gasteiger partial charge in [-0.2, -0.15) is 0 Å². The molecule has 0 radical (unpaired) electrons. The highest BCUT2D eigenvalue weighted by Crippen LogP contribution is 2.33. The van der Waals surface area contributed by atoms with E-state index in [1.54, 1.807) is 12.1 Å². The summed E-state index contributed by atoms with van der Waals surface area (Å²) in [7, 11) is 0. The van der Waals surface area contributed by atoms with Gasteiger partial charge in [0.05, 0.1) is 0 Å². The molecule has 17 heavy (non-hydrogen) atoms. The fourth-order valence-electron chi connectivity index (χ4n) is 2.07. The third-order valence-corrected chi connectivity index (χ3v) is 3.31. The molecule has 0 aliphatic heterocycles. The Morgan fingerprint density at radius 2 is 2.12 bits per heavy atom. The van der Waals surface area contributed by atoms with Crippen LogP contribution in [0.2, 0.25) is 0 Å². The van der Waals surface area contributed by atoms with Crippen molar-refractivity contribution >= 4 is 5.69 Å². The second-order valence-electron chi connectivity index (χ2n) is 4.84. The van der Waals surface area contributed by atoms with Gasteiger partial charge >= 0.3 is 0 Å². The van der Waals surface area contributed by atoms with E-state index in [4.69, 9.17) is 5.73 Å². The molecule has 1 aromatic carbocycles. The Bertz CT molecular complexity index is 350. The Labute approximate surface area is 103 Å². The van der Waals surface area contributed by atoms with Gasteiger partial charge in [-0.25, -0.2) is 4.39 Å². The lowest BCUT2D eigenvalue weighted by molar-refractivity contribution is 0.622. The summed E-state index contributed by atoms with van der Waals surface area (Å²) < 4.78 is 13.2. The second kappa shape index (κ2) is 6.01. The van der Waals surface area contributed by atoms with Gasteiger partial charge in [-0.3, -0.25) is 0 Å². The fraction of sp³-hybridized carbons (Fsp3) is 0.571. The Hall–Kier alpha value is -1.09. The molecule has 0 aromatic heterocycles. The minimum Gasteiger partial charge on any atom is -0.371 e. The first kappa shape index (κ1) is 12.4. The van der Waals surface area contributed by atoms with Gasteiger partial charge in [0.15, 0.2) is 0 Å². The molecule has 94 valence electrons. The van der Waals surface area contributed by atoms with E-state index in [-0.39, 0.29) is 5.82 Å². The maximum absolute atomic E-state index is 13.2. The molecule has 1 aliphatic rings. The standard InChI is InChI=1S/C14H21FN2/c15-13-3-1-4-14(11-13)17(9-2-8-16)10-7-12-5-6-12/h1,3-4,11-12H,2,5-10,16H2. The van der Waals surface area contributed by atoms with Crippen molar-refractivity contribution in [3.63, 3.8) is 0 Å². The number of benzene rings is 1. The smallest absolute Gasteiger partial charge is 0.125 e. The second-order valence-corrected chi connectivity index (χ2v) is 4.84. The van der Waals surface area contributed by atoms with E-state index in [1.165, 1.54) is 25.3 Å². The summed E-state index contributed by atoms with van der Waals surface area (Å²) in [5.74, 6) is 0.746. The van der Waals surface area contributed by atoms with Crippen LogP contribution in [0.1, 0.15) is 25.7 Å². The van der Waals surface area contributed by atoms with Crippen molar-refractivity contribution in [2.45, 2.75) is 25.7 Å². The number of nitrogens with two attached hydrogens (primary N) is 1. The SMILES string of the molecule is NCCCN(CCC1CC1)c1cccc(F)c1. The summed E-state index contributed by atoms with van der Waals surface area (Å²) >= 11 is 0. The normalized spacial score (nSPS) is 14.9. The predicted octanol–water partition coefficient (Wildman–Crippen LogP) is 2.78. The van der Waals surface area contributed by atoms with Crippen LogP contribution in [0, 0.1) is 11.7 Å². The first-order valence-corrected chi connectivity index (χ1v) is 6.50. The molecule has 0 saturated heterocycles. The molecule has 1 aliphatic carbocycles. The van der Waals surface area contributed by atoms with Crippen LogP contribution in [-0.4, -0.2) is 19.6 Å². The molecule has 3 heteroatoms. The summed E-state index contributed by atoms with van der Waals surface area (Å²) in [4.78, 5) is 2.26. The van der Waals surface area contributed by atoms with E-state index in [2.05, 4.69) is 4.90 Å². The van der Waals surface area contributed by atoms with E-state index >= 15 is 0 Å². The predicted molar refractivity (Wildman–Crippen MR) is 69.6 cm³/mol. The minimum atomic E-state index is -0.160. The van der Waals surface area contributed by atoms with Gasteiger partial charge < -0.3 is 10.6 Å². The Balaban J connectivity index is 1.96. The highest BCUT2D eigenvalue weighted by molar-refractivity contribution is 5.46. The van der Waals surface area contributed by atoms with Gasteiger partial charge in [0, 0.05) is 18.8 Å². The van der Waals surface area contributed by atoms with E-state index in [0.29, 0.717) is 6.54 Å². The van der Waals surface area contributed by atoms with E-state index in [1.807, 2.05) is 6.07 Å². The lowest BCUT2D eigenvalue weighted by atomic mass is 10.2. The van der Waals surface area contributed by atoms with E-state index < -0.39 is 0 Å². The molecule has 0 amide bonds. The van der Waals surface area contributed by atoms with Gasteiger partial charge in [-0.05, 0) is 43.5 Å². The lowest BCUT2D eigenvalue weighted by Gasteiger charge is -2.24. The van der Waals surface area contributed by atoms with Crippen LogP contribution in [0.15, 0.2) is 24.3 Å². The molecule has 0 bridgehead atoms. The number of halogens is 1. The van der Waals surface area contributed by atoms with Crippen LogP contribution in [0.5, 0.6) is 0 Å².